The van der Waals surface area contributed by atoms with E-state index < -0.39 is 0 Å². The van der Waals surface area contributed by atoms with E-state index in [1.54, 1.807) is 31.4 Å². The van der Waals surface area contributed by atoms with Crippen LogP contribution in [0.15, 0.2) is 96.6 Å². The number of allylic oxidation sites excluding steroid dienone is 3. The number of pyridine rings is 2. The number of ether oxygens (including phenoxy) is 1. The minimum Gasteiger partial charge on any atom is -0.457 e. The first kappa shape index (κ1) is 30.3. The number of benzene rings is 2. The summed E-state index contributed by atoms with van der Waals surface area (Å²) in [6.07, 6.45) is 8.28. The van der Waals surface area contributed by atoms with Crippen LogP contribution in [-0.4, -0.2) is 29.0 Å². The number of nitrogens with zero attached hydrogens (tertiary/aromatic N) is 2. The van der Waals surface area contributed by atoms with E-state index >= 15 is 0 Å². The number of amides is 3. The molecule has 232 valence electrons. The predicted octanol–water partition coefficient (Wildman–Crippen LogP) is 8.15. The summed E-state index contributed by atoms with van der Waals surface area (Å²) in [5.74, 6) is 1.35. The molecule has 5 rings (SSSR count). The highest BCUT2D eigenvalue weighted by Gasteiger charge is 2.49. The van der Waals surface area contributed by atoms with Crippen LogP contribution in [0.5, 0.6) is 11.5 Å². The predicted molar refractivity (Wildman–Crippen MR) is 181 cm³/mol. The molecule has 0 radical (unpaired) electrons. The van der Waals surface area contributed by atoms with Gasteiger partial charge in [0.1, 0.15) is 23.0 Å². The molecule has 9 heteroatoms. The van der Waals surface area contributed by atoms with Crippen molar-refractivity contribution in [1.82, 2.24) is 20.6 Å². The zero-order chi connectivity index (χ0) is 31.5. The molecule has 2 heterocycles. The highest BCUT2D eigenvalue weighted by atomic mass is 16.5. The van der Waals surface area contributed by atoms with E-state index in [1.165, 1.54) is 11.8 Å². The van der Waals surface area contributed by atoms with E-state index in [1.807, 2.05) is 49.4 Å². The van der Waals surface area contributed by atoms with E-state index in [-0.39, 0.29) is 32.7 Å². The van der Waals surface area contributed by atoms with Crippen LogP contribution < -0.4 is 26.0 Å². The molecule has 4 aromatic rings. The van der Waals surface area contributed by atoms with Crippen LogP contribution >= 0.6 is 0 Å². The average molecular weight is 597 g/mol. The van der Waals surface area contributed by atoms with Crippen molar-refractivity contribution in [2.45, 2.75) is 41.0 Å². The third-order valence-corrected chi connectivity index (χ3v) is 7.89. The fraction of sp³-hybridized carbons (Fsp3) is 0.257. The molecule has 3 amide bonds. The van der Waals surface area contributed by atoms with Crippen LogP contribution in [0.1, 0.15) is 55.0 Å². The Labute approximate surface area is 262 Å². The quantitative estimate of drug-likeness (QED) is 0.145. The molecule has 0 saturated heterocycles. The molecule has 0 aliphatic heterocycles. The summed E-state index contributed by atoms with van der Waals surface area (Å²) in [6, 6.07) is 18.2. The molecule has 4 N–H and O–H groups in total. The normalized spacial score (nSPS) is 16.1. The number of carbonyl (C=O) groups is 2. The standard InChI is InChI=1S/C35H38N6O3.3H2/c1-7-23-18-26(44-27-14-16-38-30(19-27)32(42)36-6)11-13-29(23)40-33(43)41-31(21-35(20-22(35)2)34(3,4)5)39-25-10-12-28-24(17-25)9-8-15-37-28;;;/h8-21,39H,7H2,1-6H3,(H,36,42)(H2,40,41,43);3*1H/b31-21+;;;. The van der Waals surface area contributed by atoms with Gasteiger partial charge in [0.05, 0.1) is 5.52 Å². The lowest BCUT2D eigenvalue weighted by Gasteiger charge is -2.31. The van der Waals surface area contributed by atoms with Gasteiger partial charge in [0.25, 0.3) is 5.91 Å². The van der Waals surface area contributed by atoms with E-state index in [4.69, 9.17) is 4.74 Å². The van der Waals surface area contributed by atoms with Crippen molar-refractivity contribution >= 4 is 34.2 Å². The van der Waals surface area contributed by atoms with Gasteiger partial charge in [0.15, 0.2) is 0 Å². The van der Waals surface area contributed by atoms with Crippen LogP contribution in [-0.2, 0) is 6.42 Å². The monoisotopic (exact) mass is 596 g/mol. The minimum atomic E-state index is -0.374. The van der Waals surface area contributed by atoms with Gasteiger partial charge in [-0.05, 0) is 78.9 Å². The Bertz CT molecular complexity index is 1810. The summed E-state index contributed by atoms with van der Waals surface area (Å²) >= 11 is 0. The smallest absolute Gasteiger partial charge is 0.324 e. The topological polar surface area (TPSA) is 117 Å². The van der Waals surface area contributed by atoms with E-state index in [0.717, 1.165) is 22.2 Å². The highest BCUT2D eigenvalue weighted by Crippen LogP contribution is 2.58. The average Bonchev–Trinajstić information content (AvgIpc) is 3.67. The molecule has 1 aliphatic rings. The molecular weight excluding hydrogens is 552 g/mol. The number of aromatic nitrogens is 2. The molecule has 0 fully saturated rings. The number of fused-ring (bicyclic) bond motifs is 1. The van der Waals surface area contributed by atoms with Crippen LogP contribution in [0.25, 0.3) is 10.9 Å². The number of aryl methyl sites for hydroxylation is 1. The SMILES string of the molecule is CCc1cc(Oc2ccnc(C(=O)NC)c2)ccc1NC(=O)N/C(=C/C1(C(C)(C)C)C=C1C)Nc1ccc2ncccc2c1.[HH].[HH].[HH]. The van der Waals surface area contributed by atoms with Crippen LogP contribution in [0.3, 0.4) is 0 Å². The Morgan fingerprint density at radius 2 is 1.75 bits per heavy atom. The summed E-state index contributed by atoms with van der Waals surface area (Å²) in [6.45, 7) is 10.7. The summed E-state index contributed by atoms with van der Waals surface area (Å²) in [4.78, 5) is 33.9. The van der Waals surface area contributed by atoms with Crippen molar-refractivity contribution < 1.29 is 18.6 Å². The number of hydrogen-bond acceptors (Lipinski definition) is 6. The van der Waals surface area contributed by atoms with Crippen molar-refractivity contribution in [3.63, 3.8) is 0 Å². The molecule has 0 bridgehead atoms. The van der Waals surface area contributed by atoms with Crippen LogP contribution in [0, 0.1) is 10.8 Å². The van der Waals surface area contributed by atoms with E-state index in [0.29, 0.717) is 29.4 Å². The number of carbonyl (C=O) groups excluding carboxylic acids is 2. The molecule has 0 saturated carbocycles. The van der Waals surface area contributed by atoms with Crippen molar-refractivity contribution in [3.05, 3.63) is 108 Å². The molecule has 1 atom stereocenters. The Kier molecular flexibility index (Phi) is 8.40. The second kappa shape index (κ2) is 12.2. The molecular formula is C35H44N6O3. The Morgan fingerprint density at radius 1 is 0.977 bits per heavy atom. The van der Waals surface area contributed by atoms with Gasteiger partial charge < -0.3 is 20.7 Å². The molecule has 0 spiro atoms. The van der Waals surface area contributed by atoms with Gasteiger partial charge in [-0.15, -0.1) is 0 Å². The van der Waals surface area contributed by atoms with Gasteiger partial charge in [-0.25, -0.2) is 4.79 Å². The fourth-order valence-electron chi connectivity index (χ4n) is 5.31. The van der Waals surface area contributed by atoms with Gasteiger partial charge in [0.2, 0.25) is 0 Å². The highest BCUT2D eigenvalue weighted by molar-refractivity contribution is 5.93. The Morgan fingerprint density at radius 3 is 2.45 bits per heavy atom. The maximum Gasteiger partial charge on any atom is 0.324 e. The van der Waals surface area contributed by atoms with Crippen molar-refractivity contribution in [1.29, 1.82) is 0 Å². The summed E-state index contributed by atoms with van der Waals surface area (Å²) in [7, 11) is 1.55. The third-order valence-electron chi connectivity index (χ3n) is 7.89. The van der Waals surface area contributed by atoms with Crippen molar-refractivity contribution in [3.8, 4) is 11.5 Å². The number of nitrogens with one attached hydrogen (secondary N) is 4. The number of hydrogen-bond donors (Lipinski definition) is 4. The van der Waals surface area contributed by atoms with Crippen LogP contribution in [0.2, 0.25) is 0 Å². The number of anilines is 2. The second-order valence-electron chi connectivity index (χ2n) is 11.8. The van der Waals surface area contributed by atoms with Crippen LogP contribution in [0.4, 0.5) is 16.2 Å². The Hall–Kier alpha value is -5.18. The molecule has 2 aromatic heterocycles. The van der Waals surface area contributed by atoms with E-state index in [9.17, 15) is 9.59 Å². The van der Waals surface area contributed by atoms with E-state index in [2.05, 4.69) is 71.1 Å². The lowest BCUT2D eigenvalue weighted by Crippen LogP contribution is -2.34. The molecule has 44 heavy (non-hydrogen) atoms. The number of urea groups is 1. The van der Waals surface area contributed by atoms with Gasteiger partial charge >= 0.3 is 6.03 Å². The Balaban J connectivity index is 0.00000256. The first-order chi connectivity index (χ1) is 21.0. The van der Waals surface area contributed by atoms with Gasteiger partial charge in [-0.1, -0.05) is 45.4 Å². The van der Waals surface area contributed by atoms with Gasteiger partial charge in [-0.3, -0.25) is 20.1 Å². The largest absolute Gasteiger partial charge is 0.457 e. The minimum absolute atomic E-state index is 0. The van der Waals surface area contributed by atoms with Crippen molar-refractivity contribution in [2.24, 2.45) is 10.8 Å². The maximum atomic E-state index is 13.4. The third kappa shape index (κ3) is 6.57. The first-order valence-corrected chi connectivity index (χ1v) is 14.6. The first-order valence-electron chi connectivity index (χ1n) is 14.6. The summed E-state index contributed by atoms with van der Waals surface area (Å²) < 4.78 is 6.00. The van der Waals surface area contributed by atoms with Crippen molar-refractivity contribution in [2.75, 3.05) is 17.7 Å². The molecule has 2 aromatic carbocycles. The lowest BCUT2D eigenvalue weighted by molar-refractivity contribution is 0.0957. The summed E-state index contributed by atoms with van der Waals surface area (Å²) in [5, 5.41) is 13.1. The van der Waals surface area contributed by atoms with Gasteiger partial charge in [0, 0.05) is 52.0 Å². The zero-order valence-electron chi connectivity index (χ0n) is 25.9. The zero-order valence-corrected chi connectivity index (χ0v) is 25.9. The summed E-state index contributed by atoms with van der Waals surface area (Å²) in [5.41, 5.74) is 4.50. The molecule has 1 aliphatic carbocycles. The maximum absolute atomic E-state index is 13.4. The molecule has 1 unspecified atom stereocenters. The second-order valence-corrected chi connectivity index (χ2v) is 11.8. The molecule has 9 nitrogen and oxygen atoms in total. The van der Waals surface area contributed by atoms with Gasteiger partial charge in [-0.2, -0.15) is 0 Å². The fourth-order valence-corrected chi connectivity index (χ4v) is 5.31. The number of rotatable bonds is 9. The lowest BCUT2D eigenvalue weighted by atomic mass is 9.74.